The molecule has 3 aromatic heterocycles. The van der Waals surface area contributed by atoms with E-state index >= 15 is 0 Å². The van der Waals surface area contributed by atoms with Crippen LogP contribution in [0.5, 0.6) is 0 Å². The van der Waals surface area contributed by atoms with E-state index in [0.29, 0.717) is 17.6 Å². The van der Waals surface area contributed by atoms with Gasteiger partial charge in [0.15, 0.2) is 0 Å². The Hall–Kier alpha value is -2.77. The Bertz CT molecular complexity index is 773. The summed E-state index contributed by atoms with van der Waals surface area (Å²) in [6.07, 6.45) is 5.03. The molecule has 0 unspecified atom stereocenters. The van der Waals surface area contributed by atoms with Crippen LogP contribution in [0.25, 0.3) is 5.78 Å². The maximum atomic E-state index is 12.2. The number of nitrogens with one attached hydrogen (secondary N) is 1. The third-order valence-electron chi connectivity index (χ3n) is 3.14. The summed E-state index contributed by atoms with van der Waals surface area (Å²) in [5.74, 6) is 1.23. The van der Waals surface area contributed by atoms with Crippen molar-refractivity contribution in [2.24, 2.45) is 0 Å². The lowest BCUT2D eigenvalue weighted by atomic mass is 10.2. The zero-order valence-corrected chi connectivity index (χ0v) is 12.5. The number of rotatable bonds is 4. The molecule has 3 heterocycles. The Kier molecular flexibility index (Phi) is 3.58. The van der Waals surface area contributed by atoms with Gasteiger partial charge < -0.3 is 9.73 Å². The Morgan fingerprint density at radius 2 is 2.05 bits per heavy atom. The van der Waals surface area contributed by atoms with Gasteiger partial charge in [-0.1, -0.05) is 13.8 Å². The van der Waals surface area contributed by atoms with Crippen molar-refractivity contribution in [2.45, 2.75) is 32.7 Å². The van der Waals surface area contributed by atoms with E-state index in [0.717, 1.165) is 0 Å². The topological polar surface area (TPSA) is 98.2 Å². The van der Waals surface area contributed by atoms with Crippen LogP contribution in [0.2, 0.25) is 0 Å². The number of aromatic nitrogens is 5. The first-order chi connectivity index (χ1) is 10.5. The lowest BCUT2D eigenvalue weighted by Crippen LogP contribution is -2.27. The van der Waals surface area contributed by atoms with Crippen molar-refractivity contribution in [1.29, 1.82) is 0 Å². The van der Waals surface area contributed by atoms with Crippen molar-refractivity contribution >= 4 is 11.7 Å². The summed E-state index contributed by atoms with van der Waals surface area (Å²) >= 11 is 0. The van der Waals surface area contributed by atoms with Gasteiger partial charge in [-0.05, 0) is 13.0 Å². The van der Waals surface area contributed by atoms with Gasteiger partial charge >= 0.3 is 0 Å². The molecular weight excluding hydrogens is 284 g/mol. The predicted octanol–water partition coefficient (Wildman–Crippen LogP) is 1.73. The lowest BCUT2D eigenvalue weighted by Gasteiger charge is -2.08. The van der Waals surface area contributed by atoms with Crippen molar-refractivity contribution < 1.29 is 9.21 Å². The summed E-state index contributed by atoms with van der Waals surface area (Å²) in [5, 5.41) is 10.7. The van der Waals surface area contributed by atoms with Gasteiger partial charge in [-0.25, -0.2) is 9.97 Å². The first kappa shape index (κ1) is 14.2. The molecule has 0 aliphatic rings. The van der Waals surface area contributed by atoms with E-state index in [1.807, 2.05) is 13.8 Å². The first-order valence-corrected chi connectivity index (χ1v) is 6.98. The fraction of sp³-hybridized carbons (Fsp3) is 0.357. The van der Waals surface area contributed by atoms with Gasteiger partial charge in [-0.15, -0.1) is 10.2 Å². The summed E-state index contributed by atoms with van der Waals surface area (Å²) < 4.78 is 7.21. The van der Waals surface area contributed by atoms with Crippen molar-refractivity contribution in [3.63, 3.8) is 0 Å². The highest BCUT2D eigenvalue weighted by Crippen LogP contribution is 2.17. The van der Waals surface area contributed by atoms with Crippen LogP contribution in [-0.4, -0.2) is 30.5 Å². The molecule has 1 N–H and O–H groups in total. The van der Waals surface area contributed by atoms with Gasteiger partial charge in [-0.3, -0.25) is 9.20 Å². The Morgan fingerprint density at radius 3 is 2.73 bits per heavy atom. The molecule has 0 saturated heterocycles. The van der Waals surface area contributed by atoms with Crippen LogP contribution < -0.4 is 5.32 Å². The van der Waals surface area contributed by atoms with Crippen LogP contribution in [0, 0.1) is 0 Å². The Morgan fingerprint density at radius 1 is 1.27 bits per heavy atom. The third-order valence-corrected chi connectivity index (χ3v) is 3.14. The van der Waals surface area contributed by atoms with E-state index in [1.54, 1.807) is 36.0 Å². The second-order valence-corrected chi connectivity index (χ2v) is 5.28. The fourth-order valence-electron chi connectivity index (χ4n) is 1.93. The molecule has 0 spiro atoms. The predicted molar refractivity (Wildman–Crippen MR) is 77.3 cm³/mol. The first-order valence-electron chi connectivity index (χ1n) is 6.98. The van der Waals surface area contributed by atoms with Crippen LogP contribution in [0.15, 0.2) is 29.1 Å². The fourth-order valence-corrected chi connectivity index (χ4v) is 1.93. The molecule has 0 fully saturated rings. The van der Waals surface area contributed by atoms with E-state index < -0.39 is 6.04 Å². The molecule has 0 saturated carbocycles. The molecule has 0 aliphatic carbocycles. The van der Waals surface area contributed by atoms with E-state index in [9.17, 15) is 4.79 Å². The van der Waals surface area contributed by atoms with Gasteiger partial charge in [0, 0.05) is 24.5 Å². The molecule has 22 heavy (non-hydrogen) atoms. The number of hydrogen-bond donors (Lipinski definition) is 1. The highest BCUT2D eigenvalue weighted by atomic mass is 16.4. The summed E-state index contributed by atoms with van der Waals surface area (Å²) in [6, 6.07) is 1.37. The second-order valence-electron chi connectivity index (χ2n) is 5.28. The molecule has 8 nitrogen and oxygen atoms in total. The van der Waals surface area contributed by atoms with E-state index in [2.05, 4.69) is 25.5 Å². The second kappa shape index (κ2) is 5.55. The molecule has 114 valence electrons. The molecule has 3 aromatic rings. The number of carbonyl (C=O) groups excluding carboxylic acids is 1. The van der Waals surface area contributed by atoms with Crippen molar-refractivity contribution in [1.82, 2.24) is 29.9 Å². The quantitative estimate of drug-likeness (QED) is 0.788. The zero-order valence-electron chi connectivity index (χ0n) is 12.5. The molecule has 8 heteroatoms. The van der Waals surface area contributed by atoms with Crippen LogP contribution >= 0.6 is 0 Å². The van der Waals surface area contributed by atoms with Gasteiger partial charge in [0.25, 0.3) is 5.91 Å². The minimum Gasteiger partial charge on any atom is -0.423 e. The Balaban J connectivity index is 1.75. The molecule has 1 atom stereocenters. The number of hydrogen-bond acceptors (Lipinski definition) is 6. The summed E-state index contributed by atoms with van der Waals surface area (Å²) in [4.78, 5) is 20.5. The smallest absolute Gasteiger partial charge is 0.272 e. The van der Waals surface area contributed by atoms with Gasteiger partial charge in [0.2, 0.25) is 17.6 Å². The molecule has 0 aromatic carbocycles. The highest BCUT2D eigenvalue weighted by Gasteiger charge is 2.19. The van der Waals surface area contributed by atoms with E-state index in [4.69, 9.17) is 4.42 Å². The van der Waals surface area contributed by atoms with Crippen LogP contribution in [0.3, 0.4) is 0 Å². The number of nitrogens with zero attached hydrogens (tertiary/aromatic N) is 5. The van der Waals surface area contributed by atoms with Crippen LogP contribution in [-0.2, 0) is 0 Å². The number of carbonyl (C=O) groups is 1. The minimum absolute atomic E-state index is 0.147. The van der Waals surface area contributed by atoms with Gasteiger partial charge in [0.05, 0.1) is 0 Å². The van der Waals surface area contributed by atoms with Gasteiger partial charge in [0.1, 0.15) is 11.7 Å². The monoisotopic (exact) mass is 300 g/mol. The van der Waals surface area contributed by atoms with Crippen molar-refractivity contribution in [2.75, 3.05) is 0 Å². The number of imidazole rings is 1. The van der Waals surface area contributed by atoms with Crippen LogP contribution in [0.1, 0.15) is 55.0 Å². The molecule has 3 rings (SSSR count). The SMILES string of the molecule is CC(C)c1nnc([C@@H](C)NC(=O)c2cn3cccnc3n2)o1. The zero-order chi connectivity index (χ0) is 15.7. The minimum atomic E-state index is -0.398. The van der Waals surface area contributed by atoms with Crippen molar-refractivity contribution in [3.8, 4) is 0 Å². The summed E-state index contributed by atoms with van der Waals surface area (Å²) in [7, 11) is 0. The molecular formula is C14H16N6O2. The molecule has 1 amide bonds. The number of fused-ring (bicyclic) bond motifs is 1. The third kappa shape index (κ3) is 2.67. The van der Waals surface area contributed by atoms with Crippen molar-refractivity contribution in [3.05, 3.63) is 42.1 Å². The molecule has 0 bridgehead atoms. The number of amides is 1. The van der Waals surface area contributed by atoms with Crippen LogP contribution in [0.4, 0.5) is 0 Å². The van der Waals surface area contributed by atoms with E-state index in [-0.39, 0.29) is 17.5 Å². The average molecular weight is 300 g/mol. The normalized spacial score (nSPS) is 12.7. The average Bonchev–Trinajstić information content (AvgIpc) is 3.14. The molecule has 0 radical (unpaired) electrons. The Labute approximate surface area is 126 Å². The lowest BCUT2D eigenvalue weighted by molar-refractivity contribution is 0.0929. The van der Waals surface area contributed by atoms with E-state index in [1.165, 1.54) is 0 Å². The maximum absolute atomic E-state index is 12.2. The molecule has 0 aliphatic heterocycles. The standard InChI is InChI=1S/C14H16N6O2/c1-8(2)12-18-19-13(22-12)9(3)16-11(21)10-7-20-6-4-5-15-14(20)17-10/h4-9H,1-3H3,(H,16,21)/t9-/m1/s1. The highest BCUT2D eigenvalue weighted by molar-refractivity contribution is 5.92. The summed E-state index contributed by atoms with van der Waals surface area (Å²) in [5.41, 5.74) is 0.286. The maximum Gasteiger partial charge on any atom is 0.272 e. The van der Waals surface area contributed by atoms with Gasteiger partial charge in [-0.2, -0.15) is 0 Å². The summed E-state index contributed by atoms with van der Waals surface area (Å²) in [6.45, 7) is 5.71. The largest absolute Gasteiger partial charge is 0.423 e.